The number of hydrogen-bond acceptors (Lipinski definition) is 4. The van der Waals surface area contributed by atoms with E-state index in [-0.39, 0.29) is 24.4 Å². The molecule has 4 N–H and O–H groups in total. The first-order valence-corrected chi connectivity index (χ1v) is 9.93. The van der Waals surface area contributed by atoms with Crippen molar-refractivity contribution in [3.63, 3.8) is 0 Å². The lowest BCUT2D eigenvalue weighted by Crippen LogP contribution is -2.46. The Morgan fingerprint density at radius 1 is 0.867 bits per heavy atom. The number of carbonyl (C=O) groups excluding carboxylic acids is 2. The van der Waals surface area contributed by atoms with Crippen LogP contribution in [-0.4, -0.2) is 29.4 Å². The van der Waals surface area contributed by atoms with Gasteiger partial charge in [-0.05, 0) is 29.7 Å². The molecule has 0 aliphatic heterocycles. The molecule has 1 heterocycles. The molecule has 6 nitrogen and oxygen atoms in total. The maximum absolute atomic E-state index is 12.5. The Bertz CT molecular complexity index is 933. The number of carbonyl (C=O) groups is 2. The summed E-state index contributed by atoms with van der Waals surface area (Å²) in [6.45, 7) is -0.132. The lowest BCUT2D eigenvalue weighted by atomic mass is 10.0. The average molecular weight is 402 g/mol. The quantitative estimate of drug-likeness (QED) is 0.511. The van der Waals surface area contributed by atoms with Crippen molar-refractivity contribution >= 4 is 11.8 Å². The van der Waals surface area contributed by atoms with Gasteiger partial charge in [0.2, 0.25) is 11.8 Å². The van der Waals surface area contributed by atoms with Crippen molar-refractivity contribution in [1.82, 2.24) is 15.6 Å². The molecule has 0 saturated heterocycles. The highest BCUT2D eigenvalue weighted by molar-refractivity contribution is 5.87. The van der Waals surface area contributed by atoms with E-state index in [1.807, 2.05) is 78.9 Å². The molecule has 2 aromatic carbocycles. The number of pyridine rings is 1. The molecule has 3 aromatic rings. The number of benzene rings is 2. The Morgan fingerprint density at radius 3 is 2.20 bits per heavy atom. The van der Waals surface area contributed by atoms with Gasteiger partial charge >= 0.3 is 0 Å². The van der Waals surface area contributed by atoms with Gasteiger partial charge in [0.05, 0.1) is 18.6 Å². The highest BCUT2D eigenvalue weighted by Gasteiger charge is 2.18. The summed E-state index contributed by atoms with van der Waals surface area (Å²) in [5.41, 5.74) is 8.81. The minimum absolute atomic E-state index is 0.132. The van der Waals surface area contributed by atoms with Crippen LogP contribution in [0.15, 0.2) is 85.1 Å². The topological polar surface area (TPSA) is 97.1 Å². The van der Waals surface area contributed by atoms with Crippen molar-refractivity contribution in [3.05, 3.63) is 102 Å². The number of amides is 2. The largest absolute Gasteiger partial charge is 0.347 e. The maximum Gasteiger partial charge on any atom is 0.239 e. The Hall–Kier alpha value is -3.51. The summed E-state index contributed by atoms with van der Waals surface area (Å²) in [7, 11) is 0. The number of rotatable bonds is 9. The van der Waals surface area contributed by atoms with Crippen LogP contribution in [-0.2, 0) is 22.4 Å². The van der Waals surface area contributed by atoms with Crippen LogP contribution in [0.1, 0.15) is 22.9 Å². The van der Waals surface area contributed by atoms with E-state index < -0.39 is 6.04 Å². The van der Waals surface area contributed by atoms with Gasteiger partial charge in [0.15, 0.2) is 0 Å². The summed E-state index contributed by atoms with van der Waals surface area (Å²) in [6.07, 6.45) is 2.70. The summed E-state index contributed by atoms with van der Waals surface area (Å²) in [6, 6.07) is 24.0. The first-order valence-electron chi connectivity index (χ1n) is 9.93. The minimum atomic E-state index is -0.710. The second kappa shape index (κ2) is 10.9. The van der Waals surface area contributed by atoms with Gasteiger partial charge in [-0.1, -0.05) is 66.7 Å². The van der Waals surface area contributed by atoms with E-state index in [2.05, 4.69) is 15.6 Å². The maximum atomic E-state index is 12.5. The van der Waals surface area contributed by atoms with Crippen molar-refractivity contribution < 1.29 is 9.59 Å². The van der Waals surface area contributed by atoms with Crippen LogP contribution in [0.4, 0.5) is 0 Å². The van der Waals surface area contributed by atoms with Gasteiger partial charge in [-0.15, -0.1) is 0 Å². The summed E-state index contributed by atoms with van der Waals surface area (Å²) in [4.78, 5) is 29.1. The van der Waals surface area contributed by atoms with Crippen LogP contribution in [0.5, 0.6) is 0 Å². The molecule has 2 unspecified atom stereocenters. The van der Waals surface area contributed by atoms with E-state index in [1.54, 1.807) is 6.20 Å². The summed E-state index contributed by atoms with van der Waals surface area (Å²) < 4.78 is 0. The van der Waals surface area contributed by atoms with Crippen LogP contribution in [0.25, 0.3) is 0 Å². The monoisotopic (exact) mass is 402 g/mol. The lowest BCUT2D eigenvalue weighted by molar-refractivity contribution is -0.127. The van der Waals surface area contributed by atoms with Crippen molar-refractivity contribution in [2.75, 3.05) is 6.54 Å². The number of hydrogen-bond donors (Lipinski definition) is 3. The zero-order valence-electron chi connectivity index (χ0n) is 16.7. The molecule has 0 fully saturated rings. The predicted octanol–water partition coefficient (Wildman–Crippen LogP) is 2.17. The SMILES string of the molecule is NC(Cc1ccccc1)C(=O)NCC(=O)NC(Cc1ccccn1)c1ccccc1. The normalized spacial score (nSPS) is 12.6. The van der Waals surface area contributed by atoms with E-state index >= 15 is 0 Å². The first-order chi connectivity index (χ1) is 14.6. The zero-order valence-corrected chi connectivity index (χ0v) is 16.7. The second-order valence-corrected chi connectivity index (χ2v) is 7.07. The molecular weight excluding hydrogens is 376 g/mol. The number of nitrogens with zero attached hydrogens (tertiary/aromatic N) is 1. The van der Waals surface area contributed by atoms with E-state index in [9.17, 15) is 9.59 Å². The van der Waals surface area contributed by atoms with E-state index in [0.717, 1.165) is 16.8 Å². The fraction of sp³-hybridized carbons (Fsp3) is 0.208. The first kappa shape index (κ1) is 21.2. The van der Waals surface area contributed by atoms with Crippen molar-refractivity contribution in [3.8, 4) is 0 Å². The molecule has 1 aromatic heterocycles. The van der Waals surface area contributed by atoms with Gasteiger partial charge < -0.3 is 16.4 Å². The van der Waals surface area contributed by atoms with Crippen LogP contribution in [0.2, 0.25) is 0 Å². The number of nitrogens with one attached hydrogen (secondary N) is 2. The summed E-state index contributed by atoms with van der Waals surface area (Å²) in [5.74, 6) is -0.630. The third kappa shape index (κ3) is 6.53. The van der Waals surface area contributed by atoms with E-state index in [4.69, 9.17) is 5.73 Å². The third-order valence-electron chi connectivity index (χ3n) is 4.73. The highest BCUT2D eigenvalue weighted by atomic mass is 16.2. The summed E-state index contributed by atoms with van der Waals surface area (Å²) >= 11 is 0. The Labute approximate surface area is 176 Å². The molecule has 154 valence electrons. The van der Waals surface area contributed by atoms with Gasteiger partial charge in [0, 0.05) is 18.3 Å². The van der Waals surface area contributed by atoms with Crippen LogP contribution in [0, 0.1) is 0 Å². The van der Waals surface area contributed by atoms with Crippen molar-refractivity contribution in [2.45, 2.75) is 24.9 Å². The average Bonchev–Trinajstić information content (AvgIpc) is 2.79. The molecule has 0 aliphatic rings. The van der Waals surface area contributed by atoms with Gasteiger partial charge in [-0.3, -0.25) is 14.6 Å². The molecule has 30 heavy (non-hydrogen) atoms. The zero-order chi connectivity index (χ0) is 21.2. The Kier molecular flexibility index (Phi) is 7.69. The molecule has 0 saturated carbocycles. The molecule has 0 aliphatic carbocycles. The highest BCUT2D eigenvalue weighted by Crippen LogP contribution is 2.17. The van der Waals surface area contributed by atoms with Crippen molar-refractivity contribution in [1.29, 1.82) is 0 Å². The molecule has 0 bridgehead atoms. The van der Waals surface area contributed by atoms with Crippen LogP contribution >= 0.6 is 0 Å². The Balaban J connectivity index is 1.55. The molecular formula is C24H26N4O2. The second-order valence-electron chi connectivity index (χ2n) is 7.07. The van der Waals surface area contributed by atoms with Crippen LogP contribution in [0.3, 0.4) is 0 Å². The number of nitrogens with two attached hydrogens (primary N) is 1. The fourth-order valence-corrected chi connectivity index (χ4v) is 3.17. The molecule has 2 amide bonds. The van der Waals surface area contributed by atoms with Gasteiger partial charge in [0.1, 0.15) is 0 Å². The Morgan fingerprint density at radius 2 is 1.53 bits per heavy atom. The standard InChI is InChI=1S/C24H26N4O2/c25-21(15-18-9-3-1-4-10-18)24(30)27-17-23(29)28-22(19-11-5-2-6-12-19)16-20-13-7-8-14-26-20/h1-14,21-22H,15-17,25H2,(H,27,30)(H,28,29). The van der Waals surface area contributed by atoms with Gasteiger partial charge in [-0.2, -0.15) is 0 Å². The van der Waals surface area contributed by atoms with E-state index in [0.29, 0.717) is 12.8 Å². The smallest absolute Gasteiger partial charge is 0.239 e. The van der Waals surface area contributed by atoms with E-state index in [1.165, 1.54) is 0 Å². The number of aromatic nitrogens is 1. The molecule has 0 radical (unpaired) electrons. The van der Waals surface area contributed by atoms with Crippen LogP contribution < -0.4 is 16.4 Å². The molecule has 0 spiro atoms. The summed E-state index contributed by atoms with van der Waals surface area (Å²) in [5, 5.41) is 5.62. The molecule has 6 heteroatoms. The van der Waals surface area contributed by atoms with Gasteiger partial charge in [0.25, 0.3) is 0 Å². The van der Waals surface area contributed by atoms with Gasteiger partial charge in [-0.25, -0.2) is 0 Å². The third-order valence-corrected chi connectivity index (χ3v) is 4.73. The van der Waals surface area contributed by atoms with Crippen molar-refractivity contribution in [2.24, 2.45) is 5.73 Å². The molecule has 2 atom stereocenters. The molecule has 3 rings (SSSR count). The fourth-order valence-electron chi connectivity index (χ4n) is 3.17. The lowest BCUT2D eigenvalue weighted by Gasteiger charge is -2.20. The minimum Gasteiger partial charge on any atom is -0.347 e. The predicted molar refractivity (Wildman–Crippen MR) is 116 cm³/mol.